The van der Waals surface area contributed by atoms with E-state index in [0.717, 1.165) is 38.1 Å². The van der Waals surface area contributed by atoms with Gasteiger partial charge in [0, 0.05) is 18.2 Å². The second-order valence-corrected chi connectivity index (χ2v) is 10.5. The quantitative estimate of drug-likeness (QED) is 0.292. The van der Waals surface area contributed by atoms with E-state index in [4.69, 9.17) is 4.74 Å². The van der Waals surface area contributed by atoms with Gasteiger partial charge >= 0.3 is 0 Å². The number of carbonyl (C=O) groups excluding carboxylic acids is 2. The van der Waals surface area contributed by atoms with Gasteiger partial charge in [0.25, 0.3) is 15.9 Å². The highest BCUT2D eigenvalue weighted by Crippen LogP contribution is 2.32. The molecule has 0 aliphatic carbocycles. The number of benzene rings is 3. The highest BCUT2D eigenvalue weighted by atomic mass is 35.5. The Kier molecular flexibility index (Phi) is 10.7. The maximum Gasteiger partial charge on any atom is 0.262 e. The fourth-order valence-corrected chi connectivity index (χ4v) is 5.01. The number of anilines is 1. The molecule has 0 radical (unpaired) electrons. The van der Waals surface area contributed by atoms with Crippen molar-refractivity contribution >= 4 is 39.9 Å². The van der Waals surface area contributed by atoms with Gasteiger partial charge in [-0.1, -0.05) is 18.2 Å². The molecule has 0 atom stereocenters. The smallest absolute Gasteiger partial charge is 0.262 e. The maximum atomic E-state index is 13.9. The van der Waals surface area contributed by atoms with Crippen LogP contribution in [0.5, 0.6) is 11.5 Å². The molecule has 2 amide bonds. The molecule has 208 valence electrons. The van der Waals surface area contributed by atoms with Crippen LogP contribution in [0, 0.1) is 11.7 Å². The number of para-hydroxylation sites is 1. The molecule has 0 aromatic heterocycles. The van der Waals surface area contributed by atoms with E-state index in [2.05, 4.69) is 20.7 Å². The summed E-state index contributed by atoms with van der Waals surface area (Å²) in [6, 6.07) is 17.4. The molecule has 0 spiro atoms. The first kappa shape index (κ1) is 29.9. The fourth-order valence-electron chi connectivity index (χ4n) is 3.94. The number of ether oxygens (including phenoxy) is 1. The first-order valence-corrected chi connectivity index (χ1v) is 13.7. The Morgan fingerprint density at radius 3 is 2.33 bits per heavy atom. The largest absolute Gasteiger partial charge is 0.455 e. The first-order chi connectivity index (χ1) is 18.3. The molecule has 3 aromatic rings. The minimum Gasteiger partial charge on any atom is -0.455 e. The summed E-state index contributed by atoms with van der Waals surface area (Å²) < 4.78 is 47.9. The van der Waals surface area contributed by atoms with Gasteiger partial charge in [-0.15, -0.1) is 12.4 Å². The third-order valence-corrected chi connectivity index (χ3v) is 7.42. The van der Waals surface area contributed by atoms with Crippen LogP contribution in [0.1, 0.15) is 23.2 Å². The molecule has 3 aromatic carbocycles. The van der Waals surface area contributed by atoms with Crippen LogP contribution in [0.15, 0.2) is 77.7 Å². The molecule has 9 nitrogen and oxygen atoms in total. The van der Waals surface area contributed by atoms with E-state index in [1.54, 1.807) is 30.3 Å². The van der Waals surface area contributed by atoms with E-state index in [-0.39, 0.29) is 46.8 Å². The van der Waals surface area contributed by atoms with Crippen molar-refractivity contribution < 1.29 is 27.1 Å². The molecule has 0 bridgehead atoms. The third kappa shape index (κ3) is 8.67. The molecular weight excluding hydrogens is 547 g/mol. The molecule has 12 heteroatoms. The number of rotatable bonds is 10. The summed E-state index contributed by atoms with van der Waals surface area (Å²) in [4.78, 5) is 24.4. The maximum absolute atomic E-state index is 13.9. The molecule has 4 N–H and O–H groups in total. The number of hydrogen-bond donors (Lipinski definition) is 4. The van der Waals surface area contributed by atoms with Crippen molar-refractivity contribution in [3.05, 3.63) is 84.2 Å². The van der Waals surface area contributed by atoms with Crippen molar-refractivity contribution in [3.63, 3.8) is 0 Å². The highest BCUT2D eigenvalue weighted by molar-refractivity contribution is 7.92. The summed E-state index contributed by atoms with van der Waals surface area (Å²) in [5, 5.41) is 8.63. The average molecular weight is 577 g/mol. The topological polar surface area (TPSA) is 126 Å². The van der Waals surface area contributed by atoms with Crippen LogP contribution in [0.25, 0.3) is 0 Å². The Morgan fingerprint density at radius 1 is 0.949 bits per heavy atom. The third-order valence-electron chi connectivity index (χ3n) is 6.04. The molecule has 4 rings (SSSR count). The van der Waals surface area contributed by atoms with Gasteiger partial charge in [0.05, 0.1) is 17.1 Å². The number of halogens is 2. The molecule has 0 saturated carbocycles. The zero-order valence-electron chi connectivity index (χ0n) is 21.0. The van der Waals surface area contributed by atoms with Gasteiger partial charge in [0.15, 0.2) is 5.75 Å². The Bertz CT molecular complexity index is 1370. The number of hydrogen-bond acceptors (Lipinski definition) is 6. The Hall–Kier alpha value is -3.67. The lowest BCUT2D eigenvalue weighted by Gasteiger charge is -2.22. The zero-order chi connectivity index (χ0) is 27.0. The molecule has 1 heterocycles. The normalized spacial score (nSPS) is 13.6. The highest BCUT2D eigenvalue weighted by Gasteiger charge is 2.19. The van der Waals surface area contributed by atoms with Gasteiger partial charge in [0.2, 0.25) is 5.91 Å². The van der Waals surface area contributed by atoms with Crippen LogP contribution < -0.4 is 25.4 Å². The monoisotopic (exact) mass is 576 g/mol. The van der Waals surface area contributed by atoms with Crippen LogP contribution in [0.2, 0.25) is 0 Å². The number of amides is 2. The molecule has 39 heavy (non-hydrogen) atoms. The van der Waals surface area contributed by atoms with Crippen LogP contribution in [0.4, 0.5) is 10.1 Å². The molecule has 1 fully saturated rings. The van der Waals surface area contributed by atoms with E-state index < -0.39 is 21.7 Å². The molecule has 1 saturated heterocycles. The van der Waals surface area contributed by atoms with Crippen molar-refractivity contribution in [3.8, 4) is 11.5 Å². The lowest BCUT2D eigenvalue weighted by atomic mass is 9.98. The predicted molar refractivity (Wildman–Crippen MR) is 148 cm³/mol. The minimum absolute atomic E-state index is 0. The van der Waals surface area contributed by atoms with E-state index in [1.165, 1.54) is 30.3 Å². The van der Waals surface area contributed by atoms with Gasteiger partial charge < -0.3 is 20.7 Å². The Morgan fingerprint density at radius 2 is 1.64 bits per heavy atom. The second kappa shape index (κ2) is 13.9. The summed E-state index contributed by atoms with van der Waals surface area (Å²) in [5.74, 6) is -0.445. The standard InChI is InChI=1S/C27H29FN4O5S.ClH/c28-21-8-11-25(37-22-4-2-1-3-5-22)24(16-21)32-38(35,36)23-9-6-20(7-10-23)27(34)31-18-26(33)30-17-19-12-14-29-15-13-19;/h1-11,16,19,29,32H,12-15,17-18H2,(H,30,33)(H,31,34);1H. The molecular formula is C27H30ClFN4O5S. The summed E-state index contributed by atoms with van der Waals surface area (Å²) in [7, 11) is -4.13. The minimum atomic E-state index is -4.13. The summed E-state index contributed by atoms with van der Waals surface area (Å²) in [5.41, 5.74) is 0.111. The SMILES string of the molecule is Cl.O=C(CNC(=O)c1ccc(S(=O)(=O)Nc2cc(F)ccc2Oc2ccccc2)cc1)NCC1CCNCC1. The lowest BCUT2D eigenvalue weighted by Crippen LogP contribution is -2.40. The Balaban J connectivity index is 0.00000420. The molecule has 1 aliphatic heterocycles. The van der Waals surface area contributed by atoms with E-state index >= 15 is 0 Å². The van der Waals surface area contributed by atoms with E-state index in [9.17, 15) is 22.4 Å². The lowest BCUT2D eigenvalue weighted by molar-refractivity contribution is -0.120. The number of carbonyl (C=O) groups is 2. The van der Waals surface area contributed by atoms with Gasteiger partial charge in [-0.25, -0.2) is 12.8 Å². The summed E-state index contributed by atoms with van der Waals surface area (Å²) in [6.45, 7) is 2.25. The van der Waals surface area contributed by atoms with Crippen molar-refractivity contribution in [2.75, 3.05) is 30.9 Å². The average Bonchev–Trinajstić information content (AvgIpc) is 2.93. The second-order valence-electron chi connectivity index (χ2n) is 8.87. The van der Waals surface area contributed by atoms with Crippen LogP contribution in [-0.2, 0) is 14.8 Å². The van der Waals surface area contributed by atoms with Gasteiger partial charge in [-0.3, -0.25) is 14.3 Å². The number of sulfonamides is 1. The van der Waals surface area contributed by atoms with Crippen LogP contribution in [-0.4, -0.2) is 46.4 Å². The van der Waals surface area contributed by atoms with Crippen LogP contribution in [0.3, 0.4) is 0 Å². The van der Waals surface area contributed by atoms with Crippen molar-refractivity contribution in [1.29, 1.82) is 0 Å². The summed E-state index contributed by atoms with van der Waals surface area (Å²) in [6.07, 6.45) is 1.99. The number of nitrogens with one attached hydrogen (secondary N) is 4. The van der Waals surface area contributed by atoms with Crippen LogP contribution >= 0.6 is 12.4 Å². The molecule has 0 unspecified atom stereocenters. The van der Waals surface area contributed by atoms with Crippen molar-refractivity contribution in [2.24, 2.45) is 5.92 Å². The molecule has 1 aliphatic rings. The van der Waals surface area contributed by atoms with Crippen molar-refractivity contribution in [2.45, 2.75) is 17.7 Å². The summed E-state index contributed by atoms with van der Waals surface area (Å²) >= 11 is 0. The van der Waals surface area contributed by atoms with Gasteiger partial charge in [0.1, 0.15) is 11.6 Å². The van der Waals surface area contributed by atoms with Gasteiger partial charge in [-0.2, -0.15) is 0 Å². The Labute approximate surface area is 233 Å². The zero-order valence-corrected chi connectivity index (χ0v) is 22.6. The first-order valence-electron chi connectivity index (χ1n) is 12.2. The predicted octanol–water partition coefficient (Wildman–Crippen LogP) is 3.69. The fraction of sp³-hybridized carbons (Fsp3) is 0.259. The number of piperidine rings is 1. The van der Waals surface area contributed by atoms with Crippen molar-refractivity contribution in [1.82, 2.24) is 16.0 Å². The van der Waals surface area contributed by atoms with E-state index in [1.807, 2.05) is 0 Å². The van der Waals surface area contributed by atoms with E-state index in [0.29, 0.717) is 18.2 Å². The van der Waals surface area contributed by atoms with Gasteiger partial charge in [-0.05, 0) is 80.4 Å².